The third kappa shape index (κ3) is 6.59. The molecule has 43 heavy (non-hydrogen) atoms. The minimum absolute atomic E-state index is 0.0670. The van der Waals surface area contributed by atoms with Gasteiger partial charge in [-0.25, -0.2) is 0 Å². The van der Waals surface area contributed by atoms with E-state index in [4.69, 9.17) is 14.2 Å². The van der Waals surface area contributed by atoms with E-state index in [1.165, 1.54) is 7.11 Å². The van der Waals surface area contributed by atoms with E-state index in [-0.39, 0.29) is 42.5 Å². The number of methoxy groups -OCH3 is 1. The highest BCUT2D eigenvalue weighted by molar-refractivity contribution is 5.95. The summed E-state index contributed by atoms with van der Waals surface area (Å²) in [5, 5.41) is 6.04. The molecule has 0 aromatic heterocycles. The molecule has 2 N–H and O–H groups in total. The van der Waals surface area contributed by atoms with E-state index < -0.39 is 0 Å². The van der Waals surface area contributed by atoms with Crippen molar-refractivity contribution in [2.75, 3.05) is 39.9 Å². The number of piperidine rings is 1. The van der Waals surface area contributed by atoms with Gasteiger partial charge in [0.15, 0.2) is 18.1 Å². The van der Waals surface area contributed by atoms with Gasteiger partial charge in [-0.05, 0) is 60.9 Å². The third-order valence-corrected chi connectivity index (χ3v) is 8.38. The Bertz CT molecular complexity index is 1460. The van der Waals surface area contributed by atoms with Crippen LogP contribution < -0.4 is 24.8 Å². The molecule has 0 saturated carbocycles. The van der Waals surface area contributed by atoms with Crippen LogP contribution >= 0.6 is 0 Å². The Morgan fingerprint density at radius 2 is 1.72 bits per heavy atom. The fourth-order valence-electron chi connectivity index (χ4n) is 5.99. The second-order valence-electron chi connectivity index (χ2n) is 11.2. The number of rotatable bonds is 3. The molecule has 4 heterocycles. The van der Waals surface area contributed by atoms with Crippen LogP contribution in [0.2, 0.25) is 0 Å². The number of nitrogens with one attached hydrogen (secondary N) is 2. The van der Waals surface area contributed by atoms with E-state index in [0.29, 0.717) is 61.1 Å². The lowest BCUT2D eigenvalue weighted by Gasteiger charge is -2.36. The molecular weight excluding hydrogens is 548 g/mol. The normalized spacial score (nSPS) is 21.6. The molecule has 2 atom stereocenters. The summed E-state index contributed by atoms with van der Waals surface area (Å²) in [6.45, 7) is 2.79. The maximum atomic E-state index is 13.5. The molecule has 3 amide bonds. The van der Waals surface area contributed by atoms with Crippen LogP contribution in [0.5, 0.6) is 17.2 Å². The van der Waals surface area contributed by atoms with Gasteiger partial charge in [0.25, 0.3) is 17.7 Å². The number of ether oxygens (including phenoxy) is 3. The van der Waals surface area contributed by atoms with Crippen molar-refractivity contribution in [2.45, 2.75) is 37.6 Å². The summed E-state index contributed by atoms with van der Waals surface area (Å²) < 4.78 is 17.6. The number of fused-ring (bicyclic) bond motifs is 7. The van der Waals surface area contributed by atoms with Gasteiger partial charge in [-0.3, -0.25) is 19.3 Å². The molecule has 0 spiro atoms. The molecule has 3 aromatic carbocycles. The molecule has 2 saturated heterocycles. The SMILES string of the molecule is COc1ccc2cc1OCC(=O)NCc1ccc(cc1)O[C@H]1CN(C3CCN(C(=O)c4ccccc4)CC3)C[C@@H]1NC2=O. The van der Waals surface area contributed by atoms with E-state index in [2.05, 4.69) is 15.5 Å². The minimum Gasteiger partial charge on any atom is -0.493 e. The number of hydrogen-bond donors (Lipinski definition) is 2. The van der Waals surface area contributed by atoms with Crippen LogP contribution in [0.3, 0.4) is 0 Å². The molecule has 4 aliphatic heterocycles. The van der Waals surface area contributed by atoms with Gasteiger partial charge < -0.3 is 29.7 Å². The van der Waals surface area contributed by atoms with Crippen LogP contribution in [0, 0.1) is 0 Å². The number of amides is 3. The van der Waals surface area contributed by atoms with Gasteiger partial charge in [0.1, 0.15) is 11.9 Å². The Morgan fingerprint density at radius 3 is 2.47 bits per heavy atom. The molecule has 0 aliphatic carbocycles. The van der Waals surface area contributed by atoms with E-state index >= 15 is 0 Å². The van der Waals surface area contributed by atoms with Crippen molar-refractivity contribution >= 4 is 17.7 Å². The minimum atomic E-state index is -0.286. The summed E-state index contributed by atoms with van der Waals surface area (Å²) >= 11 is 0. The van der Waals surface area contributed by atoms with Gasteiger partial charge in [-0.1, -0.05) is 30.3 Å². The van der Waals surface area contributed by atoms with Gasteiger partial charge in [0.2, 0.25) is 0 Å². The van der Waals surface area contributed by atoms with Gasteiger partial charge in [0.05, 0.1) is 13.2 Å². The number of carbonyl (C=O) groups is 3. The molecule has 224 valence electrons. The summed E-state index contributed by atoms with van der Waals surface area (Å²) in [7, 11) is 1.51. The number of nitrogens with zero attached hydrogens (tertiary/aromatic N) is 2. The first-order chi connectivity index (χ1) is 21.0. The lowest BCUT2D eigenvalue weighted by Crippen LogP contribution is -2.47. The summed E-state index contributed by atoms with van der Waals surface area (Å²) in [6, 6.07) is 22.0. The molecule has 4 bridgehead atoms. The molecule has 10 heteroatoms. The Kier molecular flexibility index (Phi) is 8.46. The first-order valence-corrected chi connectivity index (χ1v) is 14.7. The Morgan fingerprint density at radius 1 is 0.953 bits per heavy atom. The highest BCUT2D eigenvalue weighted by atomic mass is 16.5. The second kappa shape index (κ2) is 12.7. The number of benzene rings is 3. The van der Waals surface area contributed by atoms with E-state index in [0.717, 1.165) is 18.4 Å². The molecule has 4 aliphatic rings. The molecule has 10 nitrogen and oxygen atoms in total. The fourth-order valence-corrected chi connectivity index (χ4v) is 5.99. The standard InChI is InChI=1S/C33H36N4O6/c1-41-28-12-9-24-17-29(28)42-21-31(38)34-18-22-7-10-26(11-8-22)43-30-20-37(19-27(30)35-32(24)39)25-13-15-36(16-14-25)33(40)23-5-3-2-4-6-23/h2-12,17,25,27,30H,13-16,18-21H2,1H3,(H,34,38)(H,35,39)/t27-,30-/m0/s1. The topological polar surface area (TPSA) is 109 Å². The van der Waals surface area contributed by atoms with Crippen molar-refractivity contribution in [1.82, 2.24) is 20.4 Å². The maximum Gasteiger partial charge on any atom is 0.258 e. The largest absolute Gasteiger partial charge is 0.493 e. The highest BCUT2D eigenvalue weighted by Gasteiger charge is 2.40. The zero-order valence-corrected chi connectivity index (χ0v) is 24.2. The van der Waals surface area contributed by atoms with E-state index in [9.17, 15) is 14.4 Å². The van der Waals surface area contributed by atoms with Crippen molar-refractivity contribution in [1.29, 1.82) is 0 Å². The Labute approximate surface area is 250 Å². The third-order valence-electron chi connectivity index (χ3n) is 8.38. The average Bonchev–Trinajstić information content (AvgIpc) is 3.44. The van der Waals surface area contributed by atoms with Crippen LogP contribution in [0.4, 0.5) is 0 Å². The first-order valence-electron chi connectivity index (χ1n) is 14.7. The number of hydrogen-bond acceptors (Lipinski definition) is 7. The monoisotopic (exact) mass is 584 g/mol. The molecule has 3 aromatic rings. The summed E-state index contributed by atoms with van der Waals surface area (Å²) in [4.78, 5) is 43.2. The average molecular weight is 585 g/mol. The summed E-state index contributed by atoms with van der Waals surface area (Å²) in [5.74, 6) is 0.965. The van der Waals surface area contributed by atoms with Gasteiger partial charge in [-0.15, -0.1) is 0 Å². The molecule has 0 unspecified atom stereocenters. The predicted molar refractivity (Wildman–Crippen MR) is 159 cm³/mol. The van der Waals surface area contributed by atoms with Crippen LogP contribution in [0.15, 0.2) is 72.8 Å². The van der Waals surface area contributed by atoms with Crippen molar-refractivity contribution in [3.05, 3.63) is 89.5 Å². The predicted octanol–water partition coefficient (Wildman–Crippen LogP) is 2.87. The van der Waals surface area contributed by atoms with Crippen LogP contribution in [0.25, 0.3) is 0 Å². The quantitative estimate of drug-likeness (QED) is 0.487. The smallest absolute Gasteiger partial charge is 0.258 e. The Balaban J connectivity index is 1.19. The van der Waals surface area contributed by atoms with E-state index in [1.807, 2.05) is 59.5 Å². The zero-order chi connectivity index (χ0) is 29.8. The molecule has 7 rings (SSSR count). The van der Waals surface area contributed by atoms with Crippen molar-refractivity contribution < 1.29 is 28.6 Å². The maximum absolute atomic E-state index is 13.5. The van der Waals surface area contributed by atoms with Crippen molar-refractivity contribution in [2.24, 2.45) is 0 Å². The van der Waals surface area contributed by atoms with Gasteiger partial charge in [0, 0.05) is 49.9 Å². The Hall–Kier alpha value is -4.57. The first kappa shape index (κ1) is 28.5. The van der Waals surface area contributed by atoms with Gasteiger partial charge >= 0.3 is 0 Å². The summed E-state index contributed by atoms with van der Waals surface area (Å²) in [6.07, 6.45) is 1.43. The lowest BCUT2D eigenvalue weighted by atomic mass is 10.0. The molecule has 0 radical (unpaired) electrons. The second-order valence-corrected chi connectivity index (χ2v) is 11.2. The molecule has 2 fully saturated rings. The number of carbonyl (C=O) groups excluding carboxylic acids is 3. The van der Waals surface area contributed by atoms with Crippen LogP contribution in [-0.2, 0) is 11.3 Å². The highest BCUT2D eigenvalue weighted by Crippen LogP contribution is 2.29. The van der Waals surface area contributed by atoms with E-state index in [1.54, 1.807) is 18.2 Å². The summed E-state index contributed by atoms with van der Waals surface area (Å²) in [5.41, 5.74) is 2.04. The van der Waals surface area contributed by atoms with Crippen molar-refractivity contribution in [3.8, 4) is 17.2 Å². The van der Waals surface area contributed by atoms with Crippen molar-refractivity contribution in [3.63, 3.8) is 0 Å². The zero-order valence-electron chi connectivity index (χ0n) is 24.2. The lowest BCUT2D eigenvalue weighted by molar-refractivity contribution is -0.123. The van der Waals surface area contributed by atoms with Crippen LogP contribution in [-0.4, -0.2) is 85.6 Å². The molecular formula is C33H36N4O6. The fraction of sp³-hybridized carbons (Fsp3) is 0.364. The van der Waals surface area contributed by atoms with Gasteiger partial charge in [-0.2, -0.15) is 0 Å². The van der Waals surface area contributed by atoms with Crippen LogP contribution in [0.1, 0.15) is 39.1 Å². The number of likely N-dealkylation sites (tertiary alicyclic amines) is 2.